The second kappa shape index (κ2) is 7.87. The molecular formula is C19H30N2O3S. The van der Waals surface area contributed by atoms with Crippen molar-refractivity contribution in [3.63, 3.8) is 0 Å². The lowest BCUT2D eigenvalue weighted by Crippen LogP contribution is -2.48. The fraction of sp³-hybridized carbons (Fsp3) is 0.632. The summed E-state index contributed by atoms with van der Waals surface area (Å²) in [5.41, 5.74) is 1.03. The Kier molecular flexibility index (Phi) is 6.27. The van der Waals surface area contributed by atoms with E-state index in [-0.39, 0.29) is 23.9 Å². The monoisotopic (exact) mass is 366 g/mol. The number of carbonyl (C=O) groups is 1. The van der Waals surface area contributed by atoms with E-state index < -0.39 is 10.0 Å². The number of hydrogen-bond donors (Lipinski definition) is 0. The van der Waals surface area contributed by atoms with Crippen LogP contribution in [-0.4, -0.2) is 48.7 Å². The summed E-state index contributed by atoms with van der Waals surface area (Å²) < 4.78 is 27.0. The van der Waals surface area contributed by atoms with Crippen LogP contribution in [0.2, 0.25) is 0 Å². The Labute approximate surface area is 152 Å². The highest BCUT2D eigenvalue weighted by atomic mass is 32.2. The summed E-state index contributed by atoms with van der Waals surface area (Å²) in [6.07, 6.45) is 1.17. The van der Waals surface area contributed by atoms with E-state index in [1.54, 1.807) is 12.1 Å². The smallest absolute Gasteiger partial charge is 0.243 e. The summed E-state index contributed by atoms with van der Waals surface area (Å²) in [5, 5.41) is 0. The Balaban J connectivity index is 2.06. The van der Waals surface area contributed by atoms with Crippen LogP contribution in [0, 0.1) is 12.8 Å². The molecule has 5 nitrogen and oxygen atoms in total. The summed E-state index contributed by atoms with van der Waals surface area (Å²) >= 11 is 0. The third-order valence-electron chi connectivity index (χ3n) is 4.83. The van der Waals surface area contributed by atoms with E-state index in [0.717, 1.165) is 5.56 Å². The molecule has 0 saturated carbocycles. The van der Waals surface area contributed by atoms with Gasteiger partial charge in [0.25, 0.3) is 0 Å². The highest BCUT2D eigenvalue weighted by Crippen LogP contribution is 2.26. The van der Waals surface area contributed by atoms with Crippen molar-refractivity contribution in [1.29, 1.82) is 0 Å². The van der Waals surface area contributed by atoms with Crippen molar-refractivity contribution < 1.29 is 13.2 Å². The maximum atomic E-state index is 12.8. The Bertz CT molecular complexity index is 680. The van der Waals surface area contributed by atoms with Gasteiger partial charge in [-0.25, -0.2) is 8.42 Å². The Morgan fingerprint density at radius 2 is 1.52 bits per heavy atom. The fourth-order valence-electron chi connectivity index (χ4n) is 3.52. The van der Waals surface area contributed by atoms with Gasteiger partial charge in [0, 0.05) is 31.1 Å². The van der Waals surface area contributed by atoms with Crippen molar-refractivity contribution >= 4 is 15.9 Å². The average Bonchev–Trinajstić information content (AvgIpc) is 2.54. The average molecular weight is 367 g/mol. The lowest BCUT2D eigenvalue weighted by molar-refractivity contribution is -0.140. The molecule has 0 atom stereocenters. The molecule has 0 bridgehead atoms. The minimum atomic E-state index is -3.47. The number of aryl methyl sites for hydroxylation is 1. The fourth-order valence-corrected chi connectivity index (χ4v) is 4.99. The molecule has 1 amide bonds. The van der Waals surface area contributed by atoms with Gasteiger partial charge >= 0.3 is 0 Å². The SMILES string of the molecule is Cc1ccc(S(=O)(=O)N2CCC(C(=O)N(C(C)C)C(C)C)CC2)cc1. The van der Waals surface area contributed by atoms with Crippen molar-refractivity contribution in [3.05, 3.63) is 29.8 Å². The topological polar surface area (TPSA) is 57.7 Å². The van der Waals surface area contributed by atoms with Crippen LogP contribution < -0.4 is 0 Å². The lowest BCUT2D eigenvalue weighted by atomic mass is 9.95. The van der Waals surface area contributed by atoms with Crippen LogP contribution in [0.25, 0.3) is 0 Å². The summed E-state index contributed by atoms with van der Waals surface area (Å²) in [4.78, 5) is 15.0. The Morgan fingerprint density at radius 1 is 1.04 bits per heavy atom. The highest BCUT2D eigenvalue weighted by Gasteiger charge is 2.34. The lowest BCUT2D eigenvalue weighted by Gasteiger charge is -2.37. The van der Waals surface area contributed by atoms with Crippen molar-refractivity contribution in [2.75, 3.05) is 13.1 Å². The predicted molar refractivity (Wildman–Crippen MR) is 99.8 cm³/mol. The van der Waals surface area contributed by atoms with E-state index in [4.69, 9.17) is 0 Å². The number of benzene rings is 1. The number of rotatable bonds is 5. The number of amides is 1. The van der Waals surface area contributed by atoms with Crippen molar-refractivity contribution in [2.45, 2.75) is 64.4 Å². The second-order valence-electron chi connectivity index (χ2n) is 7.42. The second-order valence-corrected chi connectivity index (χ2v) is 9.36. The van der Waals surface area contributed by atoms with Crippen molar-refractivity contribution in [3.8, 4) is 0 Å². The van der Waals surface area contributed by atoms with Crippen LogP contribution in [0.5, 0.6) is 0 Å². The van der Waals surface area contributed by atoms with Gasteiger partial charge in [-0.3, -0.25) is 4.79 Å². The zero-order valence-electron chi connectivity index (χ0n) is 15.9. The number of hydrogen-bond acceptors (Lipinski definition) is 3. The van der Waals surface area contributed by atoms with E-state index >= 15 is 0 Å². The summed E-state index contributed by atoms with van der Waals surface area (Å²) in [7, 11) is -3.47. The molecule has 25 heavy (non-hydrogen) atoms. The standard InChI is InChI=1S/C19H30N2O3S/c1-14(2)21(15(3)4)19(22)17-10-12-20(13-11-17)25(23,24)18-8-6-16(5)7-9-18/h6-9,14-15,17H,10-13H2,1-5H3. The van der Waals surface area contributed by atoms with Crippen LogP contribution in [0.15, 0.2) is 29.2 Å². The van der Waals surface area contributed by atoms with Gasteiger partial charge in [-0.15, -0.1) is 0 Å². The number of nitrogens with zero attached hydrogens (tertiary/aromatic N) is 2. The number of carbonyl (C=O) groups excluding carboxylic acids is 1. The summed E-state index contributed by atoms with van der Waals surface area (Å²) in [6, 6.07) is 7.24. The molecule has 6 heteroatoms. The quantitative estimate of drug-likeness (QED) is 0.805. The number of piperidine rings is 1. The minimum Gasteiger partial charge on any atom is -0.338 e. The molecule has 2 rings (SSSR count). The first-order chi connectivity index (χ1) is 11.6. The Hall–Kier alpha value is -1.40. The maximum absolute atomic E-state index is 12.8. The van der Waals surface area contributed by atoms with Crippen molar-refractivity contribution in [1.82, 2.24) is 9.21 Å². The zero-order chi connectivity index (χ0) is 18.8. The normalized spacial score (nSPS) is 17.2. The number of sulfonamides is 1. The van der Waals surface area contributed by atoms with Gasteiger partial charge in [-0.1, -0.05) is 17.7 Å². The molecule has 0 N–H and O–H groups in total. The minimum absolute atomic E-state index is 0.0886. The highest BCUT2D eigenvalue weighted by molar-refractivity contribution is 7.89. The van der Waals surface area contributed by atoms with E-state index in [1.807, 2.05) is 51.7 Å². The molecular weight excluding hydrogens is 336 g/mol. The first kappa shape index (κ1) is 19.9. The van der Waals surface area contributed by atoms with Gasteiger partial charge in [0.15, 0.2) is 0 Å². The maximum Gasteiger partial charge on any atom is 0.243 e. The van der Waals surface area contributed by atoms with E-state index in [2.05, 4.69) is 0 Å². The van der Waals surface area contributed by atoms with Gasteiger partial charge in [0.1, 0.15) is 0 Å². The van der Waals surface area contributed by atoms with Crippen molar-refractivity contribution in [2.24, 2.45) is 5.92 Å². The van der Waals surface area contributed by atoms with Gasteiger partial charge in [0.05, 0.1) is 4.90 Å². The van der Waals surface area contributed by atoms with Crippen LogP contribution in [-0.2, 0) is 14.8 Å². The Morgan fingerprint density at radius 3 is 1.96 bits per heavy atom. The molecule has 0 aromatic heterocycles. The van der Waals surface area contributed by atoms with Gasteiger partial charge in [-0.05, 0) is 59.6 Å². The summed E-state index contributed by atoms with van der Waals surface area (Å²) in [5.74, 6) is 0.0617. The van der Waals surface area contributed by atoms with Gasteiger partial charge in [-0.2, -0.15) is 4.31 Å². The van der Waals surface area contributed by atoms with Gasteiger partial charge in [0.2, 0.25) is 15.9 Å². The largest absolute Gasteiger partial charge is 0.338 e. The molecule has 1 aromatic rings. The third-order valence-corrected chi connectivity index (χ3v) is 6.74. The molecule has 0 spiro atoms. The molecule has 1 aliphatic rings. The predicted octanol–water partition coefficient (Wildman–Crippen LogP) is 3.04. The van der Waals surface area contributed by atoms with Crippen LogP contribution >= 0.6 is 0 Å². The zero-order valence-corrected chi connectivity index (χ0v) is 16.7. The molecule has 0 aliphatic carbocycles. The molecule has 1 saturated heterocycles. The van der Waals surface area contributed by atoms with E-state index in [9.17, 15) is 13.2 Å². The molecule has 1 aromatic carbocycles. The van der Waals surface area contributed by atoms with Crippen LogP contribution in [0.3, 0.4) is 0 Å². The van der Waals surface area contributed by atoms with E-state index in [0.29, 0.717) is 30.8 Å². The molecule has 0 unspecified atom stereocenters. The third kappa shape index (κ3) is 4.42. The molecule has 1 fully saturated rings. The first-order valence-electron chi connectivity index (χ1n) is 9.03. The molecule has 140 valence electrons. The van der Waals surface area contributed by atoms with Crippen LogP contribution in [0.4, 0.5) is 0 Å². The molecule has 0 radical (unpaired) electrons. The molecule has 1 aliphatic heterocycles. The van der Waals surface area contributed by atoms with Crippen LogP contribution in [0.1, 0.15) is 46.1 Å². The van der Waals surface area contributed by atoms with E-state index in [1.165, 1.54) is 4.31 Å². The first-order valence-corrected chi connectivity index (χ1v) is 10.5. The molecule has 1 heterocycles. The van der Waals surface area contributed by atoms with Gasteiger partial charge < -0.3 is 4.90 Å². The summed E-state index contributed by atoms with van der Waals surface area (Å²) in [6.45, 7) is 10.8.